The van der Waals surface area contributed by atoms with Crippen molar-refractivity contribution in [2.24, 2.45) is 0 Å². The van der Waals surface area contributed by atoms with Crippen molar-refractivity contribution < 1.29 is 9.32 Å². The second-order valence-corrected chi connectivity index (χ2v) is 7.40. The van der Waals surface area contributed by atoms with E-state index >= 15 is 0 Å². The third kappa shape index (κ3) is 3.69. The molecule has 0 bridgehead atoms. The van der Waals surface area contributed by atoms with Crippen molar-refractivity contribution in [3.05, 3.63) is 41.5 Å². The largest absolute Gasteiger partial charge is 0.369 e. The van der Waals surface area contributed by atoms with Gasteiger partial charge in [-0.15, -0.1) is 0 Å². The molecule has 0 saturated carbocycles. The van der Waals surface area contributed by atoms with Crippen LogP contribution in [-0.4, -0.2) is 65.6 Å². The van der Waals surface area contributed by atoms with Gasteiger partial charge in [-0.25, -0.2) is 0 Å². The second kappa shape index (κ2) is 7.68. The zero-order valence-electron chi connectivity index (χ0n) is 16.1. The highest BCUT2D eigenvalue weighted by Gasteiger charge is 2.34. The number of carbonyl (C=O) groups excluding carboxylic acids is 1. The van der Waals surface area contributed by atoms with Crippen molar-refractivity contribution >= 4 is 11.6 Å². The molecule has 27 heavy (non-hydrogen) atoms. The van der Waals surface area contributed by atoms with Gasteiger partial charge in [-0.3, -0.25) is 4.79 Å². The lowest BCUT2D eigenvalue weighted by Gasteiger charge is -2.34. The number of aromatic nitrogens is 2. The van der Waals surface area contributed by atoms with Crippen LogP contribution in [0.2, 0.25) is 0 Å². The van der Waals surface area contributed by atoms with Crippen LogP contribution in [0.1, 0.15) is 47.9 Å². The fourth-order valence-electron chi connectivity index (χ4n) is 3.86. The quantitative estimate of drug-likeness (QED) is 0.824. The maximum atomic E-state index is 13.1. The summed E-state index contributed by atoms with van der Waals surface area (Å²) in [6.45, 7) is 6.91. The van der Waals surface area contributed by atoms with Gasteiger partial charge in [0.2, 0.25) is 5.89 Å². The predicted octanol–water partition coefficient (Wildman–Crippen LogP) is 2.36. The molecule has 2 aromatic rings. The lowest BCUT2D eigenvalue weighted by atomic mass is 10.1. The Morgan fingerprint density at radius 2 is 1.89 bits per heavy atom. The minimum atomic E-state index is -0.109. The SMILES string of the molecule is CCc1noc(C2CCCN2C(=O)c2ccc(N3CCN(C)CC3)cc2)n1. The van der Waals surface area contributed by atoms with E-state index in [9.17, 15) is 4.79 Å². The lowest BCUT2D eigenvalue weighted by Crippen LogP contribution is -2.44. The molecule has 1 amide bonds. The highest BCUT2D eigenvalue weighted by molar-refractivity contribution is 5.95. The highest BCUT2D eigenvalue weighted by atomic mass is 16.5. The van der Waals surface area contributed by atoms with Gasteiger partial charge in [0.25, 0.3) is 5.91 Å². The third-order valence-electron chi connectivity index (χ3n) is 5.58. The van der Waals surface area contributed by atoms with Gasteiger partial charge >= 0.3 is 0 Å². The number of likely N-dealkylation sites (N-methyl/N-ethyl adjacent to an activating group) is 1. The van der Waals surface area contributed by atoms with E-state index in [1.54, 1.807) is 0 Å². The maximum absolute atomic E-state index is 13.1. The molecule has 2 fully saturated rings. The van der Waals surface area contributed by atoms with E-state index in [1.807, 2.05) is 24.0 Å². The van der Waals surface area contributed by atoms with E-state index in [1.165, 1.54) is 5.69 Å². The number of amides is 1. The summed E-state index contributed by atoms with van der Waals surface area (Å²) in [4.78, 5) is 24.1. The monoisotopic (exact) mass is 369 g/mol. The molecule has 3 heterocycles. The normalized spacial score (nSPS) is 21.0. The fraction of sp³-hybridized carbons (Fsp3) is 0.550. The lowest BCUT2D eigenvalue weighted by molar-refractivity contribution is 0.0710. The number of carbonyl (C=O) groups is 1. The summed E-state index contributed by atoms with van der Waals surface area (Å²) in [5.41, 5.74) is 1.90. The number of nitrogens with zero attached hydrogens (tertiary/aromatic N) is 5. The van der Waals surface area contributed by atoms with E-state index in [0.29, 0.717) is 11.7 Å². The van der Waals surface area contributed by atoms with E-state index in [2.05, 4.69) is 39.1 Å². The fourth-order valence-corrected chi connectivity index (χ4v) is 3.86. The van der Waals surface area contributed by atoms with Gasteiger partial charge in [0.15, 0.2) is 5.82 Å². The Balaban J connectivity index is 1.47. The molecule has 0 N–H and O–H groups in total. The number of anilines is 1. The van der Waals surface area contributed by atoms with Crippen LogP contribution in [0.4, 0.5) is 5.69 Å². The molecule has 2 saturated heterocycles. The molecule has 2 aliphatic heterocycles. The van der Waals surface area contributed by atoms with E-state index in [-0.39, 0.29) is 11.9 Å². The number of hydrogen-bond acceptors (Lipinski definition) is 6. The number of piperazine rings is 1. The average molecular weight is 369 g/mol. The van der Waals surface area contributed by atoms with E-state index in [0.717, 1.165) is 57.5 Å². The van der Waals surface area contributed by atoms with Crippen LogP contribution in [-0.2, 0) is 6.42 Å². The molecule has 1 unspecified atom stereocenters. The van der Waals surface area contributed by atoms with Crippen LogP contribution in [0, 0.1) is 0 Å². The van der Waals surface area contributed by atoms with Crippen molar-refractivity contribution in [2.45, 2.75) is 32.2 Å². The molecule has 0 aliphatic carbocycles. The zero-order valence-corrected chi connectivity index (χ0v) is 16.1. The van der Waals surface area contributed by atoms with Crippen molar-refractivity contribution in [1.82, 2.24) is 19.9 Å². The van der Waals surface area contributed by atoms with Crippen LogP contribution >= 0.6 is 0 Å². The molecule has 0 spiro atoms. The summed E-state index contributed by atoms with van der Waals surface area (Å²) in [6, 6.07) is 7.90. The van der Waals surface area contributed by atoms with Crippen molar-refractivity contribution in [3.8, 4) is 0 Å². The molecule has 0 radical (unpaired) electrons. The Hall–Kier alpha value is -2.41. The first-order valence-corrected chi connectivity index (χ1v) is 9.82. The Labute approximate surface area is 159 Å². The van der Waals surface area contributed by atoms with Crippen LogP contribution < -0.4 is 4.90 Å². The van der Waals surface area contributed by atoms with Crippen LogP contribution in [0.5, 0.6) is 0 Å². The summed E-state index contributed by atoms with van der Waals surface area (Å²) in [5, 5.41) is 3.98. The van der Waals surface area contributed by atoms with Crippen molar-refractivity contribution in [1.29, 1.82) is 0 Å². The summed E-state index contributed by atoms with van der Waals surface area (Å²) in [7, 11) is 2.15. The van der Waals surface area contributed by atoms with Gasteiger partial charge in [0, 0.05) is 50.4 Å². The molecule has 7 heteroatoms. The molecular formula is C20H27N5O2. The number of hydrogen-bond donors (Lipinski definition) is 0. The smallest absolute Gasteiger partial charge is 0.254 e. The average Bonchev–Trinajstić information content (AvgIpc) is 3.37. The van der Waals surface area contributed by atoms with Gasteiger partial charge < -0.3 is 19.2 Å². The number of likely N-dealkylation sites (tertiary alicyclic amines) is 1. The summed E-state index contributed by atoms with van der Waals surface area (Å²) < 4.78 is 5.40. The van der Waals surface area contributed by atoms with E-state index < -0.39 is 0 Å². The van der Waals surface area contributed by atoms with Crippen molar-refractivity contribution in [3.63, 3.8) is 0 Å². The Bertz CT molecular complexity index is 780. The topological polar surface area (TPSA) is 65.7 Å². The maximum Gasteiger partial charge on any atom is 0.254 e. The third-order valence-corrected chi connectivity index (χ3v) is 5.58. The molecule has 144 valence electrons. The zero-order chi connectivity index (χ0) is 18.8. The summed E-state index contributed by atoms with van der Waals surface area (Å²) in [6.07, 6.45) is 2.56. The number of rotatable bonds is 4. The van der Waals surface area contributed by atoms with E-state index in [4.69, 9.17) is 4.52 Å². The molecule has 1 atom stereocenters. The molecular weight excluding hydrogens is 342 g/mol. The van der Waals surface area contributed by atoms with Gasteiger partial charge in [0.1, 0.15) is 6.04 Å². The van der Waals surface area contributed by atoms with Crippen molar-refractivity contribution in [2.75, 3.05) is 44.7 Å². The number of aryl methyl sites for hydroxylation is 1. The first kappa shape index (κ1) is 18.0. The van der Waals surface area contributed by atoms with Crippen LogP contribution in [0.25, 0.3) is 0 Å². The first-order chi connectivity index (χ1) is 13.2. The molecule has 1 aromatic heterocycles. The molecule has 2 aliphatic rings. The van der Waals surface area contributed by atoms with Crippen LogP contribution in [0.3, 0.4) is 0 Å². The minimum absolute atomic E-state index is 0.0404. The summed E-state index contributed by atoms with van der Waals surface area (Å²) >= 11 is 0. The van der Waals surface area contributed by atoms with Crippen LogP contribution in [0.15, 0.2) is 28.8 Å². The van der Waals surface area contributed by atoms with Gasteiger partial charge in [-0.05, 0) is 44.2 Å². The predicted molar refractivity (Wildman–Crippen MR) is 103 cm³/mol. The first-order valence-electron chi connectivity index (χ1n) is 9.82. The Morgan fingerprint density at radius 3 is 2.56 bits per heavy atom. The highest BCUT2D eigenvalue weighted by Crippen LogP contribution is 2.32. The molecule has 7 nitrogen and oxygen atoms in total. The van der Waals surface area contributed by atoms with Gasteiger partial charge in [-0.2, -0.15) is 4.98 Å². The Kier molecular flexibility index (Phi) is 5.11. The summed E-state index contributed by atoms with van der Waals surface area (Å²) in [5.74, 6) is 1.30. The second-order valence-electron chi connectivity index (χ2n) is 7.40. The minimum Gasteiger partial charge on any atom is -0.369 e. The molecule has 4 rings (SSSR count). The standard InChI is InChI=1S/C20H27N5O2/c1-3-18-21-19(27-22-18)17-5-4-10-25(17)20(26)15-6-8-16(9-7-15)24-13-11-23(2)12-14-24/h6-9,17H,3-5,10-14H2,1-2H3. The van der Waals surface area contributed by atoms with Gasteiger partial charge in [-0.1, -0.05) is 12.1 Å². The van der Waals surface area contributed by atoms with Gasteiger partial charge in [0.05, 0.1) is 0 Å². The Morgan fingerprint density at radius 1 is 1.15 bits per heavy atom. The number of benzene rings is 1. The molecule has 1 aromatic carbocycles.